The zero-order valence-corrected chi connectivity index (χ0v) is 15.3. The van der Waals surface area contributed by atoms with E-state index in [2.05, 4.69) is 5.32 Å². The van der Waals surface area contributed by atoms with Gasteiger partial charge in [-0.15, -0.1) is 0 Å². The van der Waals surface area contributed by atoms with Crippen LogP contribution in [-0.2, 0) is 19.1 Å². The molecule has 3 heterocycles. The van der Waals surface area contributed by atoms with Crippen LogP contribution in [0.3, 0.4) is 0 Å². The van der Waals surface area contributed by atoms with Crippen LogP contribution in [0.4, 0.5) is 5.69 Å². The highest BCUT2D eigenvalue weighted by atomic mass is 35.5. The Morgan fingerprint density at radius 2 is 2.08 bits per heavy atom. The SMILES string of the molecule is O=C(N[C@@H]1CCO[C@@]2(CCOC2)C1)[C@H]1CC(=O)N(c2ccc(Cl)cc2)C1. The summed E-state index contributed by atoms with van der Waals surface area (Å²) >= 11 is 5.91. The molecule has 3 atom stereocenters. The van der Waals surface area contributed by atoms with Gasteiger partial charge >= 0.3 is 0 Å². The van der Waals surface area contributed by atoms with Crippen LogP contribution in [0, 0.1) is 5.92 Å². The maximum atomic E-state index is 12.7. The fourth-order valence-corrected chi connectivity index (χ4v) is 4.21. The summed E-state index contributed by atoms with van der Waals surface area (Å²) < 4.78 is 11.4. The van der Waals surface area contributed by atoms with Crippen LogP contribution in [0.1, 0.15) is 25.7 Å². The van der Waals surface area contributed by atoms with Crippen LogP contribution < -0.4 is 10.2 Å². The second-order valence-corrected chi connectivity index (χ2v) is 7.85. The van der Waals surface area contributed by atoms with E-state index in [0.717, 1.165) is 24.9 Å². The molecular formula is C19H23ClN2O4. The Morgan fingerprint density at radius 1 is 1.27 bits per heavy atom. The summed E-state index contributed by atoms with van der Waals surface area (Å²) in [4.78, 5) is 26.7. The van der Waals surface area contributed by atoms with E-state index in [-0.39, 0.29) is 35.8 Å². The molecule has 2 amide bonds. The van der Waals surface area contributed by atoms with Crippen LogP contribution in [0.2, 0.25) is 5.02 Å². The molecule has 3 fully saturated rings. The third-order valence-corrected chi connectivity index (χ3v) is 5.79. The third-order valence-electron chi connectivity index (χ3n) is 5.54. The van der Waals surface area contributed by atoms with Crippen molar-refractivity contribution in [3.8, 4) is 0 Å². The number of carbonyl (C=O) groups excluding carboxylic acids is 2. The molecule has 1 aromatic rings. The first-order valence-electron chi connectivity index (χ1n) is 9.13. The Morgan fingerprint density at radius 3 is 2.81 bits per heavy atom. The quantitative estimate of drug-likeness (QED) is 0.875. The molecule has 0 bridgehead atoms. The smallest absolute Gasteiger partial charge is 0.227 e. The highest BCUT2D eigenvalue weighted by molar-refractivity contribution is 6.30. The fraction of sp³-hybridized carbons (Fsp3) is 0.579. The van der Waals surface area contributed by atoms with E-state index in [4.69, 9.17) is 21.1 Å². The summed E-state index contributed by atoms with van der Waals surface area (Å²) in [6, 6.07) is 7.20. The van der Waals surface area contributed by atoms with Crippen LogP contribution >= 0.6 is 11.6 Å². The Hall–Kier alpha value is -1.63. The van der Waals surface area contributed by atoms with Gasteiger partial charge in [0.15, 0.2) is 0 Å². The molecule has 26 heavy (non-hydrogen) atoms. The maximum absolute atomic E-state index is 12.7. The van der Waals surface area contributed by atoms with Crippen LogP contribution in [0.25, 0.3) is 0 Å². The second-order valence-electron chi connectivity index (χ2n) is 7.41. The largest absolute Gasteiger partial charge is 0.378 e. The Balaban J connectivity index is 1.36. The molecule has 0 saturated carbocycles. The van der Waals surface area contributed by atoms with E-state index in [1.165, 1.54) is 0 Å². The van der Waals surface area contributed by atoms with Crippen molar-refractivity contribution >= 4 is 29.1 Å². The molecule has 6 nitrogen and oxygen atoms in total. The molecule has 1 N–H and O–H groups in total. The first kappa shape index (κ1) is 17.8. The van der Waals surface area contributed by atoms with Crippen LogP contribution in [0.15, 0.2) is 24.3 Å². The van der Waals surface area contributed by atoms with Crippen molar-refractivity contribution in [2.45, 2.75) is 37.3 Å². The molecular weight excluding hydrogens is 356 g/mol. The number of rotatable bonds is 3. The van der Waals surface area contributed by atoms with Gasteiger partial charge in [0.1, 0.15) is 0 Å². The Labute approximate surface area is 157 Å². The average molecular weight is 379 g/mol. The van der Waals surface area contributed by atoms with E-state index in [9.17, 15) is 9.59 Å². The predicted octanol–water partition coefficient (Wildman–Crippen LogP) is 2.15. The lowest BCUT2D eigenvalue weighted by Crippen LogP contribution is -2.50. The van der Waals surface area contributed by atoms with Gasteiger partial charge < -0.3 is 19.7 Å². The molecule has 3 aliphatic rings. The topological polar surface area (TPSA) is 67.9 Å². The minimum atomic E-state index is -0.322. The van der Waals surface area contributed by atoms with Crippen molar-refractivity contribution in [1.29, 1.82) is 0 Å². The van der Waals surface area contributed by atoms with Crippen molar-refractivity contribution in [3.63, 3.8) is 0 Å². The summed E-state index contributed by atoms with van der Waals surface area (Å²) in [5.41, 5.74) is 0.541. The van der Waals surface area contributed by atoms with E-state index >= 15 is 0 Å². The number of nitrogens with one attached hydrogen (secondary N) is 1. The summed E-state index contributed by atoms with van der Waals surface area (Å²) in [7, 11) is 0. The highest BCUT2D eigenvalue weighted by Crippen LogP contribution is 2.33. The first-order chi connectivity index (χ1) is 12.5. The minimum Gasteiger partial charge on any atom is -0.378 e. The number of carbonyl (C=O) groups is 2. The number of halogens is 1. The number of hydrogen-bond donors (Lipinski definition) is 1. The predicted molar refractivity (Wildman–Crippen MR) is 97.2 cm³/mol. The zero-order valence-electron chi connectivity index (χ0n) is 14.6. The molecule has 7 heteroatoms. The normalized spacial score (nSPS) is 31.6. The molecule has 1 aromatic carbocycles. The van der Waals surface area contributed by atoms with Crippen molar-refractivity contribution in [2.24, 2.45) is 5.92 Å². The Kier molecular flexibility index (Phi) is 4.90. The zero-order chi connectivity index (χ0) is 18.1. The van der Waals surface area contributed by atoms with Gasteiger partial charge in [0.25, 0.3) is 0 Å². The van der Waals surface area contributed by atoms with E-state index < -0.39 is 0 Å². The number of amides is 2. The number of hydrogen-bond acceptors (Lipinski definition) is 4. The van der Waals surface area contributed by atoms with Gasteiger partial charge in [0.2, 0.25) is 11.8 Å². The molecule has 4 rings (SSSR count). The summed E-state index contributed by atoms with van der Waals surface area (Å²) in [5.74, 6) is -0.396. The number of benzene rings is 1. The van der Waals surface area contributed by atoms with Gasteiger partial charge in [0.05, 0.1) is 18.1 Å². The summed E-state index contributed by atoms with van der Waals surface area (Å²) in [6.07, 6.45) is 2.70. The average Bonchev–Trinajstić information content (AvgIpc) is 3.23. The molecule has 1 spiro atoms. The summed E-state index contributed by atoms with van der Waals surface area (Å²) in [5, 5.41) is 3.76. The molecule has 0 unspecified atom stereocenters. The van der Waals surface area contributed by atoms with Crippen molar-refractivity contribution in [1.82, 2.24) is 5.32 Å². The minimum absolute atomic E-state index is 0.0277. The molecule has 3 saturated heterocycles. The highest BCUT2D eigenvalue weighted by Gasteiger charge is 2.42. The summed E-state index contributed by atoms with van der Waals surface area (Å²) in [6.45, 7) is 2.36. The number of nitrogens with zero attached hydrogens (tertiary/aromatic N) is 1. The van der Waals surface area contributed by atoms with E-state index in [0.29, 0.717) is 31.4 Å². The van der Waals surface area contributed by atoms with Gasteiger partial charge in [0, 0.05) is 49.4 Å². The number of anilines is 1. The maximum Gasteiger partial charge on any atom is 0.227 e. The monoisotopic (exact) mass is 378 g/mol. The van der Waals surface area contributed by atoms with Gasteiger partial charge in [-0.25, -0.2) is 0 Å². The van der Waals surface area contributed by atoms with Crippen LogP contribution in [0.5, 0.6) is 0 Å². The lowest BCUT2D eigenvalue weighted by molar-refractivity contribution is -0.130. The number of ether oxygens (including phenoxy) is 2. The van der Waals surface area contributed by atoms with E-state index in [1.807, 2.05) is 12.1 Å². The first-order valence-corrected chi connectivity index (χ1v) is 9.50. The molecule has 0 aliphatic carbocycles. The molecule has 3 aliphatic heterocycles. The standard InChI is InChI=1S/C19H23ClN2O4/c20-14-1-3-16(4-2-14)22-11-13(9-17(22)23)18(24)21-15-5-7-26-19(10-15)6-8-25-12-19/h1-4,13,15H,5-12H2,(H,21,24)/t13-,15+,19-/m0/s1. The van der Waals surface area contributed by atoms with Crippen LogP contribution in [-0.4, -0.2) is 49.8 Å². The van der Waals surface area contributed by atoms with Gasteiger partial charge in [-0.1, -0.05) is 11.6 Å². The van der Waals surface area contributed by atoms with Gasteiger partial charge in [-0.2, -0.15) is 0 Å². The van der Waals surface area contributed by atoms with Crippen molar-refractivity contribution < 1.29 is 19.1 Å². The van der Waals surface area contributed by atoms with Gasteiger partial charge in [-0.05, 0) is 37.1 Å². The van der Waals surface area contributed by atoms with E-state index in [1.54, 1.807) is 17.0 Å². The Bertz CT molecular complexity index is 687. The lowest BCUT2D eigenvalue weighted by atomic mass is 9.89. The third kappa shape index (κ3) is 3.59. The van der Waals surface area contributed by atoms with Gasteiger partial charge in [-0.3, -0.25) is 9.59 Å². The van der Waals surface area contributed by atoms with Crippen molar-refractivity contribution in [2.75, 3.05) is 31.3 Å². The fourth-order valence-electron chi connectivity index (χ4n) is 4.09. The molecule has 0 aromatic heterocycles. The lowest BCUT2D eigenvalue weighted by Gasteiger charge is -2.37. The second kappa shape index (κ2) is 7.18. The van der Waals surface area contributed by atoms with Crippen molar-refractivity contribution in [3.05, 3.63) is 29.3 Å². The molecule has 0 radical (unpaired) electrons. The molecule has 140 valence electrons.